The van der Waals surface area contributed by atoms with Crippen LogP contribution in [-0.4, -0.2) is 43.4 Å². The van der Waals surface area contributed by atoms with Crippen molar-refractivity contribution in [2.24, 2.45) is 5.92 Å². The summed E-state index contributed by atoms with van der Waals surface area (Å²) in [5, 5.41) is 12.9. The molecule has 156 valence electrons. The van der Waals surface area contributed by atoms with Gasteiger partial charge in [0.15, 0.2) is 0 Å². The van der Waals surface area contributed by atoms with Crippen LogP contribution in [0, 0.1) is 5.92 Å². The fraction of sp³-hybridized carbons (Fsp3) is 0.440. The lowest BCUT2D eigenvalue weighted by molar-refractivity contribution is 0.00517. The largest absolute Gasteiger partial charge is 0.497 e. The summed E-state index contributed by atoms with van der Waals surface area (Å²) >= 11 is 6.24. The number of hydrogen-bond donors (Lipinski definition) is 1. The molecule has 0 spiro atoms. The SMILES string of the molecule is COc1cccc(/C=C2\CCCCC(CN(C)C)C2(O)Cc2cccc(Cl)c2)c1. The molecule has 2 unspecified atom stereocenters. The molecule has 4 heteroatoms. The van der Waals surface area contributed by atoms with E-state index in [0.29, 0.717) is 11.4 Å². The third-order valence-corrected chi connectivity index (χ3v) is 6.10. The van der Waals surface area contributed by atoms with Gasteiger partial charge >= 0.3 is 0 Å². The number of benzene rings is 2. The van der Waals surface area contributed by atoms with Crippen molar-refractivity contribution in [2.75, 3.05) is 27.7 Å². The van der Waals surface area contributed by atoms with Gasteiger partial charge < -0.3 is 14.7 Å². The van der Waals surface area contributed by atoms with Crippen LogP contribution in [-0.2, 0) is 6.42 Å². The van der Waals surface area contributed by atoms with Crippen molar-refractivity contribution >= 4 is 17.7 Å². The molecule has 2 aromatic carbocycles. The van der Waals surface area contributed by atoms with Gasteiger partial charge in [0.05, 0.1) is 12.7 Å². The number of nitrogens with zero attached hydrogens (tertiary/aromatic N) is 1. The second kappa shape index (κ2) is 9.80. The molecule has 2 atom stereocenters. The Morgan fingerprint density at radius 1 is 1.17 bits per heavy atom. The van der Waals surface area contributed by atoms with Crippen molar-refractivity contribution < 1.29 is 9.84 Å². The van der Waals surface area contributed by atoms with Gasteiger partial charge in [0, 0.05) is 23.9 Å². The van der Waals surface area contributed by atoms with Gasteiger partial charge in [-0.3, -0.25) is 0 Å². The van der Waals surface area contributed by atoms with Crippen LogP contribution in [0.2, 0.25) is 5.02 Å². The normalized spacial score (nSPS) is 23.9. The molecule has 0 bridgehead atoms. The van der Waals surface area contributed by atoms with Crippen molar-refractivity contribution in [3.63, 3.8) is 0 Å². The summed E-state index contributed by atoms with van der Waals surface area (Å²) in [7, 11) is 5.84. The Morgan fingerprint density at radius 2 is 1.97 bits per heavy atom. The highest BCUT2D eigenvalue weighted by Crippen LogP contribution is 2.41. The molecular weight excluding hydrogens is 382 g/mol. The lowest BCUT2D eigenvalue weighted by atomic mass is 9.75. The second-order valence-corrected chi connectivity index (χ2v) is 8.82. The Balaban J connectivity index is 2.04. The highest BCUT2D eigenvalue weighted by atomic mass is 35.5. The van der Waals surface area contributed by atoms with E-state index in [0.717, 1.165) is 54.7 Å². The average Bonchev–Trinajstić information content (AvgIpc) is 2.82. The van der Waals surface area contributed by atoms with Crippen molar-refractivity contribution in [3.8, 4) is 5.75 Å². The van der Waals surface area contributed by atoms with Gasteiger partial charge in [0.1, 0.15) is 5.75 Å². The molecule has 3 rings (SSSR count). The van der Waals surface area contributed by atoms with Gasteiger partial charge in [-0.1, -0.05) is 48.4 Å². The monoisotopic (exact) mass is 413 g/mol. The number of methoxy groups -OCH3 is 1. The van der Waals surface area contributed by atoms with Crippen LogP contribution in [0.1, 0.15) is 36.8 Å². The van der Waals surface area contributed by atoms with E-state index in [2.05, 4.69) is 37.2 Å². The summed E-state index contributed by atoms with van der Waals surface area (Å²) in [5.74, 6) is 0.993. The molecule has 0 aliphatic heterocycles. The smallest absolute Gasteiger partial charge is 0.119 e. The van der Waals surface area contributed by atoms with Crippen LogP contribution < -0.4 is 4.74 Å². The van der Waals surface area contributed by atoms with E-state index in [9.17, 15) is 5.11 Å². The van der Waals surface area contributed by atoms with E-state index in [1.165, 1.54) is 0 Å². The zero-order valence-corrected chi connectivity index (χ0v) is 18.5. The predicted octanol–water partition coefficient (Wildman–Crippen LogP) is 5.46. The number of hydrogen-bond acceptors (Lipinski definition) is 3. The fourth-order valence-electron chi connectivity index (χ4n) is 4.45. The number of ether oxygens (including phenoxy) is 1. The van der Waals surface area contributed by atoms with Crippen LogP contribution in [0.3, 0.4) is 0 Å². The molecule has 1 aliphatic rings. The van der Waals surface area contributed by atoms with Crippen molar-refractivity contribution in [2.45, 2.75) is 37.7 Å². The zero-order valence-electron chi connectivity index (χ0n) is 17.7. The quantitative estimate of drug-likeness (QED) is 0.638. The van der Waals surface area contributed by atoms with E-state index in [1.807, 2.05) is 36.4 Å². The maximum Gasteiger partial charge on any atom is 0.119 e. The average molecular weight is 414 g/mol. The van der Waals surface area contributed by atoms with Crippen LogP contribution in [0.4, 0.5) is 0 Å². The summed E-state index contributed by atoms with van der Waals surface area (Å²) in [4.78, 5) is 2.18. The van der Waals surface area contributed by atoms with Crippen molar-refractivity contribution in [1.29, 1.82) is 0 Å². The zero-order chi connectivity index (χ0) is 20.9. The summed E-state index contributed by atoms with van der Waals surface area (Å²) in [6.45, 7) is 0.854. The second-order valence-electron chi connectivity index (χ2n) is 8.38. The van der Waals surface area contributed by atoms with E-state index in [-0.39, 0.29) is 5.92 Å². The summed E-state index contributed by atoms with van der Waals surface area (Å²) in [6, 6.07) is 15.9. The maximum atomic E-state index is 12.2. The topological polar surface area (TPSA) is 32.7 Å². The molecule has 1 fully saturated rings. The van der Waals surface area contributed by atoms with Gasteiger partial charge in [-0.2, -0.15) is 0 Å². The van der Waals surface area contributed by atoms with Gasteiger partial charge in [-0.15, -0.1) is 0 Å². The standard InChI is InChI=1S/C25H32ClNO2/c1-27(2)18-22-11-5-4-10-21(14-19-8-7-13-24(16-19)29-3)25(22,28)17-20-9-6-12-23(26)15-20/h6-9,12-16,22,28H,4-5,10-11,17-18H2,1-3H3/b21-14+. The Labute approximate surface area is 180 Å². The maximum absolute atomic E-state index is 12.2. The Bertz CT molecular complexity index is 848. The highest BCUT2D eigenvalue weighted by molar-refractivity contribution is 6.30. The van der Waals surface area contributed by atoms with E-state index in [1.54, 1.807) is 7.11 Å². The molecule has 0 aromatic heterocycles. The molecule has 3 nitrogen and oxygen atoms in total. The Kier molecular flexibility index (Phi) is 7.39. The molecule has 0 radical (unpaired) electrons. The summed E-state index contributed by atoms with van der Waals surface area (Å²) < 4.78 is 5.39. The van der Waals surface area contributed by atoms with Gasteiger partial charge in [-0.05, 0) is 74.3 Å². The number of halogens is 1. The third kappa shape index (κ3) is 5.63. The predicted molar refractivity (Wildman–Crippen MR) is 122 cm³/mol. The third-order valence-electron chi connectivity index (χ3n) is 5.86. The first-order valence-electron chi connectivity index (χ1n) is 10.4. The Morgan fingerprint density at radius 3 is 2.69 bits per heavy atom. The minimum Gasteiger partial charge on any atom is -0.497 e. The molecule has 2 aromatic rings. The fourth-order valence-corrected chi connectivity index (χ4v) is 4.67. The summed E-state index contributed by atoms with van der Waals surface area (Å²) in [6.07, 6.45) is 6.88. The van der Waals surface area contributed by atoms with Gasteiger partial charge in [-0.25, -0.2) is 0 Å². The van der Waals surface area contributed by atoms with Crippen molar-refractivity contribution in [3.05, 3.63) is 70.3 Å². The van der Waals surface area contributed by atoms with Gasteiger partial charge in [0.2, 0.25) is 0 Å². The molecule has 0 heterocycles. The first kappa shape index (κ1) is 21.9. The lowest BCUT2D eigenvalue weighted by Crippen LogP contribution is -2.45. The number of aliphatic hydroxyl groups is 1. The Hall–Kier alpha value is -1.81. The van der Waals surface area contributed by atoms with Crippen LogP contribution >= 0.6 is 11.6 Å². The van der Waals surface area contributed by atoms with E-state index >= 15 is 0 Å². The molecule has 0 saturated heterocycles. The minimum absolute atomic E-state index is 0.163. The molecule has 0 amide bonds. The molecule has 1 saturated carbocycles. The van der Waals surface area contributed by atoms with Crippen LogP contribution in [0.25, 0.3) is 6.08 Å². The van der Waals surface area contributed by atoms with Crippen LogP contribution in [0.5, 0.6) is 5.75 Å². The minimum atomic E-state index is -0.908. The number of rotatable bonds is 6. The molecular formula is C25H32ClNO2. The first-order chi connectivity index (χ1) is 13.9. The molecule has 1 N–H and O–H groups in total. The van der Waals surface area contributed by atoms with Crippen molar-refractivity contribution in [1.82, 2.24) is 4.90 Å². The highest BCUT2D eigenvalue weighted by Gasteiger charge is 2.41. The van der Waals surface area contributed by atoms with Crippen LogP contribution in [0.15, 0.2) is 54.1 Å². The van der Waals surface area contributed by atoms with Gasteiger partial charge in [0.25, 0.3) is 0 Å². The van der Waals surface area contributed by atoms with E-state index in [4.69, 9.17) is 16.3 Å². The summed E-state index contributed by atoms with van der Waals surface area (Å²) in [5.41, 5.74) is 2.33. The molecule has 1 aliphatic carbocycles. The molecule has 29 heavy (non-hydrogen) atoms. The lowest BCUT2D eigenvalue weighted by Gasteiger charge is -2.39. The first-order valence-corrected chi connectivity index (χ1v) is 10.7. The van der Waals surface area contributed by atoms with E-state index < -0.39 is 5.60 Å².